The molecule has 0 bridgehead atoms. The summed E-state index contributed by atoms with van der Waals surface area (Å²) in [4.78, 5) is 25.0. The fraction of sp³-hybridized carbons (Fsp3) is 0.0526. The minimum atomic E-state index is -0.946. The van der Waals surface area contributed by atoms with Gasteiger partial charge in [-0.15, -0.1) is 0 Å². The van der Waals surface area contributed by atoms with Gasteiger partial charge in [0.15, 0.2) is 11.2 Å². The van der Waals surface area contributed by atoms with Gasteiger partial charge in [0.25, 0.3) is 5.91 Å². The van der Waals surface area contributed by atoms with Crippen molar-refractivity contribution in [1.82, 2.24) is 0 Å². The van der Waals surface area contributed by atoms with E-state index in [0.29, 0.717) is 17.4 Å². The number of halogens is 3. The first-order chi connectivity index (χ1) is 12.3. The van der Waals surface area contributed by atoms with Gasteiger partial charge < -0.3 is 9.73 Å². The van der Waals surface area contributed by atoms with E-state index in [0.717, 1.165) is 16.6 Å². The molecule has 0 aliphatic rings. The molecule has 1 N–H and O–H groups in total. The summed E-state index contributed by atoms with van der Waals surface area (Å²) in [6.45, 7) is 1.59. The summed E-state index contributed by atoms with van der Waals surface area (Å²) in [5.41, 5.74) is -0.567. The van der Waals surface area contributed by atoms with Gasteiger partial charge in [-0.2, -0.15) is 0 Å². The van der Waals surface area contributed by atoms with E-state index in [2.05, 4.69) is 21.2 Å². The third-order valence-corrected chi connectivity index (χ3v) is 4.06. The van der Waals surface area contributed by atoms with Crippen molar-refractivity contribution in [2.24, 2.45) is 0 Å². The summed E-state index contributed by atoms with van der Waals surface area (Å²) in [6.07, 6.45) is 0. The quantitative estimate of drug-likeness (QED) is 0.655. The molecule has 0 spiro atoms. The number of hydrogen-bond donors (Lipinski definition) is 1. The number of carbonyl (C=O) groups excluding carboxylic acids is 1. The fourth-order valence-electron chi connectivity index (χ4n) is 2.43. The van der Waals surface area contributed by atoms with Crippen molar-refractivity contribution in [3.8, 4) is 11.3 Å². The molecule has 0 radical (unpaired) electrons. The van der Waals surface area contributed by atoms with E-state index in [9.17, 15) is 18.4 Å². The maximum Gasteiger partial charge on any atom is 0.263 e. The van der Waals surface area contributed by atoms with Crippen molar-refractivity contribution in [2.45, 2.75) is 6.92 Å². The van der Waals surface area contributed by atoms with Crippen LogP contribution in [0.25, 0.3) is 11.3 Å². The maximum absolute atomic E-state index is 13.8. The second-order valence-electron chi connectivity index (χ2n) is 5.51. The molecule has 2 aromatic carbocycles. The van der Waals surface area contributed by atoms with Crippen molar-refractivity contribution in [2.75, 3.05) is 5.32 Å². The second kappa shape index (κ2) is 7.21. The predicted octanol–water partition coefficient (Wildman–Crippen LogP) is 4.91. The Morgan fingerprint density at radius 2 is 1.88 bits per heavy atom. The third-order valence-electron chi connectivity index (χ3n) is 3.56. The Morgan fingerprint density at radius 3 is 2.58 bits per heavy atom. The van der Waals surface area contributed by atoms with E-state index >= 15 is 0 Å². The van der Waals surface area contributed by atoms with E-state index < -0.39 is 23.0 Å². The number of carbonyl (C=O) groups is 1. The largest absolute Gasteiger partial charge is 0.460 e. The van der Waals surface area contributed by atoms with Crippen LogP contribution in [0.5, 0.6) is 0 Å². The van der Waals surface area contributed by atoms with Crippen LogP contribution in [0.1, 0.15) is 16.1 Å². The van der Waals surface area contributed by atoms with Gasteiger partial charge in [-0.25, -0.2) is 8.78 Å². The molecule has 3 aromatic rings. The topological polar surface area (TPSA) is 59.3 Å². The van der Waals surface area contributed by atoms with E-state index in [1.807, 2.05) is 0 Å². The van der Waals surface area contributed by atoms with Crippen LogP contribution in [0.2, 0.25) is 0 Å². The molecule has 3 rings (SSSR count). The van der Waals surface area contributed by atoms with Gasteiger partial charge in [-0.05, 0) is 31.2 Å². The van der Waals surface area contributed by atoms with Crippen molar-refractivity contribution in [1.29, 1.82) is 0 Å². The highest BCUT2D eigenvalue weighted by Crippen LogP contribution is 2.26. The molecule has 132 valence electrons. The summed E-state index contributed by atoms with van der Waals surface area (Å²) in [7, 11) is 0. The molecule has 0 unspecified atom stereocenters. The lowest BCUT2D eigenvalue weighted by molar-refractivity contribution is 0.102. The molecule has 0 atom stereocenters. The average Bonchev–Trinajstić information content (AvgIpc) is 2.56. The Bertz CT molecular complexity index is 1060. The molecule has 1 heterocycles. The highest BCUT2D eigenvalue weighted by atomic mass is 79.9. The first-order valence-corrected chi connectivity index (χ1v) is 8.31. The van der Waals surface area contributed by atoms with Crippen molar-refractivity contribution in [3.63, 3.8) is 0 Å². The number of amides is 1. The van der Waals surface area contributed by atoms with Crippen LogP contribution < -0.4 is 10.7 Å². The first kappa shape index (κ1) is 18.0. The molecule has 1 aromatic heterocycles. The molecule has 0 aliphatic carbocycles. The van der Waals surface area contributed by atoms with Crippen molar-refractivity contribution >= 4 is 27.5 Å². The molecule has 0 fully saturated rings. The third kappa shape index (κ3) is 3.72. The minimum absolute atomic E-state index is 0.0660. The molecular formula is C19H12BrF2NO3. The summed E-state index contributed by atoms with van der Waals surface area (Å²) >= 11 is 3.32. The molecule has 0 saturated heterocycles. The number of anilines is 1. The Hall–Kier alpha value is -2.80. The van der Waals surface area contributed by atoms with Gasteiger partial charge in [0.1, 0.15) is 23.0 Å². The SMILES string of the molecule is Cc1cc(=O)c(C(=O)Nc2ccc(F)cc2F)c(-c2cccc(Br)c2)o1. The maximum atomic E-state index is 13.8. The normalized spacial score (nSPS) is 10.6. The van der Waals surface area contributed by atoms with Crippen molar-refractivity contribution in [3.05, 3.63) is 86.2 Å². The average molecular weight is 420 g/mol. The number of aryl methyl sites for hydroxylation is 1. The number of benzene rings is 2. The van der Waals surface area contributed by atoms with Crippen LogP contribution in [0.3, 0.4) is 0 Å². The van der Waals surface area contributed by atoms with Gasteiger partial charge in [0.2, 0.25) is 0 Å². The zero-order valence-electron chi connectivity index (χ0n) is 13.5. The summed E-state index contributed by atoms with van der Waals surface area (Å²) in [5.74, 6) is -2.17. The lowest BCUT2D eigenvalue weighted by Gasteiger charge is -2.11. The highest BCUT2D eigenvalue weighted by Gasteiger charge is 2.21. The minimum Gasteiger partial charge on any atom is -0.460 e. The number of rotatable bonds is 3. The standard InChI is InChI=1S/C19H12BrF2NO3/c1-10-7-16(24)17(18(26-10)11-3-2-4-12(20)8-11)19(25)23-15-6-5-13(21)9-14(15)22/h2-9H,1H3,(H,23,25). The smallest absolute Gasteiger partial charge is 0.263 e. The van der Waals surface area contributed by atoms with E-state index in [1.54, 1.807) is 31.2 Å². The second-order valence-corrected chi connectivity index (χ2v) is 6.43. The highest BCUT2D eigenvalue weighted by molar-refractivity contribution is 9.10. The zero-order chi connectivity index (χ0) is 18.8. The Labute approximate surface area is 155 Å². The zero-order valence-corrected chi connectivity index (χ0v) is 15.1. The number of nitrogens with one attached hydrogen (secondary N) is 1. The summed E-state index contributed by atoms with van der Waals surface area (Å²) in [6, 6.07) is 10.8. The molecule has 0 aliphatic heterocycles. The van der Waals surface area contributed by atoms with Gasteiger partial charge in [0.05, 0.1) is 5.69 Å². The van der Waals surface area contributed by atoms with Crippen LogP contribution in [-0.2, 0) is 0 Å². The molecule has 0 saturated carbocycles. The van der Waals surface area contributed by atoms with Crippen LogP contribution in [0, 0.1) is 18.6 Å². The van der Waals surface area contributed by atoms with Crippen LogP contribution in [-0.4, -0.2) is 5.91 Å². The lowest BCUT2D eigenvalue weighted by atomic mass is 10.1. The molecule has 1 amide bonds. The number of hydrogen-bond acceptors (Lipinski definition) is 3. The summed E-state index contributed by atoms with van der Waals surface area (Å²) < 4.78 is 33.2. The van der Waals surface area contributed by atoms with Crippen LogP contribution in [0.15, 0.2) is 62.2 Å². The van der Waals surface area contributed by atoms with Crippen molar-refractivity contribution < 1.29 is 18.0 Å². The van der Waals surface area contributed by atoms with E-state index in [1.165, 1.54) is 6.07 Å². The Kier molecular flexibility index (Phi) is 4.99. The van der Waals surface area contributed by atoms with Crippen LogP contribution >= 0.6 is 15.9 Å². The Morgan fingerprint density at radius 1 is 1.12 bits per heavy atom. The molecule has 7 heteroatoms. The van der Waals surface area contributed by atoms with Gasteiger partial charge >= 0.3 is 0 Å². The predicted molar refractivity (Wildman–Crippen MR) is 97.2 cm³/mol. The van der Waals surface area contributed by atoms with Gasteiger partial charge in [-0.3, -0.25) is 9.59 Å². The monoisotopic (exact) mass is 419 g/mol. The fourth-order valence-corrected chi connectivity index (χ4v) is 2.83. The van der Waals surface area contributed by atoms with Crippen LogP contribution in [0.4, 0.5) is 14.5 Å². The Balaban J connectivity index is 2.09. The first-order valence-electron chi connectivity index (χ1n) is 7.52. The molecular weight excluding hydrogens is 408 g/mol. The van der Waals surface area contributed by atoms with Gasteiger partial charge in [0, 0.05) is 22.2 Å². The lowest BCUT2D eigenvalue weighted by Crippen LogP contribution is -2.23. The summed E-state index contributed by atoms with van der Waals surface area (Å²) in [5, 5.41) is 2.29. The van der Waals surface area contributed by atoms with E-state index in [-0.39, 0.29) is 17.0 Å². The molecule has 26 heavy (non-hydrogen) atoms. The molecule has 4 nitrogen and oxygen atoms in total. The van der Waals surface area contributed by atoms with E-state index in [4.69, 9.17) is 4.42 Å². The van der Waals surface area contributed by atoms with Gasteiger partial charge in [-0.1, -0.05) is 28.1 Å².